The summed E-state index contributed by atoms with van der Waals surface area (Å²) in [7, 11) is 1.69. The molecule has 3 heterocycles. The molecule has 0 saturated heterocycles. The van der Waals surface area contributed by atoms with Crippen LogP contribution < -0.4 is 10.5 Å². The van der Waals surface area contributed by atoms with Gasteiger partial charge < -0.3 is 15.0 Å². The summed E-state index contributed by atoms with van der Waals surface area (Å²) in [6.45, 7) is 10.7. The first-order valence-corrected chi connectivity index (χ1v) is 12.2. The minimum atomic E-state index is -0.213. The molecule has 0 aliphatic carbocycles. The monoisotopic (exact) mass is 484 g/mol. The third-order valence-electron chi connectivity index (χ3n) is 5.95. The zero-order valence-corrected chi connectivity index (χ0v) is 21.6. The fraction of sp³-hybridized carbons (Fsp3) is 0.259. The number of nitrogen functional groups attached to an aromatic ring is 1. The minimum absolute atomic E-state index is 0.213. The van der Waals surface area contributed by atoms with Gasteiger partial charge in [-0.3, -0.25) is 0 Å². The van der Waals surface area contributed by atoms with E-state index in [-0.39, 0.29) is 11.5 Å². The summed E-state index contributed by atoms with van der Waals surface area (Å²) < 4.78 is 7.91. The standard InChI is InChI=1S/C27H28N6OS/c1-15-24(35-16(2)31-15)20-9-8-19(34-6)12-21(20)25-32-22-11-17(18-13-29-26(28)30-14-18)7-10-23(22)33(25)27(3,4)5/h7-14H,1-6H3,(H2,28,29,30). The quantitative estimate of drug-likeness (QED) is 0.324. The molecule has 2 N–H and O–H groups in total. The molecular formula is C27H28N6OS. The maximum atomic E-state index is 5.68. The Bertz CT molecular complexity index is 1540. The number of fused-ring (bicyclic) bond motifs is 1. The van der Waals surface area contributed by atoms with E-state index >= 15 is 0 Å². The lowest BCUT2D eigenvalue weighted by Gasteiger charge is -2.25. The smallest absolute Gasteiger partial charge is 0.219 e. The maximum absolute atomic E-state index is 5.68. The van der Waals surface area contributed by atoms with Gasteiger partial charge in [-0.05, 0) is 70.5 Å². The molecule has 178 valence electrons. The summed E-state index contributed by atoms with van der Waals surface area (Å²) in [5, 5.41) is 1.04. The average molecular weight is 485 g/mol. The summed E-state index contributed by atoms with van der Waals surface area (Å²) in [4.78, 5) is 19.3. The number of imidazole rings is 1. The number of anilines is 1. The van der Waals surface area contributed by atoms with Crippen LogP contribution in [0.15, 0.2) is 48.8 Å². The van der Waals surface area contributed by atoms with E-state index in [1.165, 1.54) is 0 Å². The Hall–Kier alpha value is -3.78. The first-order chi connectivity index (χ1) is 16.7. The zero-order chi connectivity index (χ0) is 24.9. The molecule has 0 fully saturated rings. The van der Waals surface area contributed by atoms with Crippen LogP contribution >= 0.6 is 11.3 Å². The topological polar surface area (TPSA) is 91.7 Å². The molecule has 0 bridgehead atoms. The summed E-state index contributed by atoms with van der Waals surface area (Å²) in [6.07, 6.45) is 3.47. The van der Waals surface area contributed by atoms with Gasteiger partial charge in [0.25, 0.3) is 0 Å². The van der Waals surface area contributed by atoms with Crippen LogP contribution in [-0.2, 0) is 5.54 Å². The first kappa shape index (κ1) is 23.0. The van der Waals surface area contributed by atoms with Crippen molar-refractivity contribution in [2.45, 2.75) is 40.2 Å². The van der Waals surface area contributed by atoms with Crippen molar-refractivity contribution in [2.75, 3.05) is 12.8 Å². The van der Waals surface area contributed by atoms with Crippen LogP contribution in [0.4, 0.5) is 5.95 Å². The number of nitrogens with zero attached hydrogens (tertiary/aromatic N) is 5. The van der Waals surface area contributed by atoms with Crippen molar-refractivity contribution in [3.63, 3.8) is 0 Å². The van der Waals surface area contributed by atoms with Gasteiger partial charge >= 0.3 is 0 Å². The predicted molar refractivity (Wildman–Crippen MR) is 143 cm³/mol. The molecule has 0 saturated carbocycles. The Morgan fingerprint density at radius 2 is 1.66 bits per heavy atom. The van der Waals surface area contributed by atoms with Crippen LogP contribution in [0.3, 0.4) is 0 Å². The van der Waals surface area contributed by atoms with Crippen LogP contribution in [0.5, 0.6) is 5.75 Å². The number of hydrogen-bond donors (Lipinski definition) is 1. The normalized spacial score (nSPS) is 11.8. The van der Waals surface area contributed by atoms with E-state index in [1.807, 2.05) is 13.0 Å². The molecule has 2 aromatic carbocycles. The van der Waals surface area contributed by atoms with Gasteiger partial charge in [-0.1, -0.05) is 6.07 Å². The van der Waals surface area contributed by atoms with Crippen LogP contribution in [0, 0.1) is 13.8 Å². The molecule has 35 heavy (non-hydrogen) atoms. The number of rotatable bonds is 4. The van der Waals surface area contributed by atoms with E-state index < -0.39 is 0 Å². The van der Waals surface area contributed by atoms with E-state index in [4.69, 9.17) is 15.5 Å². The van der Waals surface area contributed by atoms with Crippen LogP contribution in [0.25, 0.3) is 44.0 Å². The number of methoxy groups -OCH3 is 1. The van der Waals surface area contributed by atoms with E-state index in [9.17, 15) is 0 Å². The van der Waals surface area contributed by atoms with E-state index in [0.29, 0.717) is 0 Å². The lowest BCUT2D eigenvalue weighted by molar-refractivity contribution is 0.410. The number of aryl methyl sites for hydroxylation is 2. The Morgan fingerprint density at radius 3 is 2.29 bits per heavy atom. The molecule has 5 rings (SSSR count). The predicted octanol–water partition coefficient (Wildman–Crippen LogP) is 6.25. The van der Waals surface area contributed by atoms with Crippen molar-refractivity contribution in [1.82, 2.24) is 24.5 Å². The van der Waals surface area contributed by atoms with Crippen LogP contribution in [-0.4, -0.2) is 31.6 Å². The summed E-state index contributed by atoms with van der Waals surface area (Å²) in [5.74, 6) is 1.93. The second-order valence-corrected chi connectivity index (χ2v) is 10.7. The van der Waals surface area contributed by atoms with E-state index in [0.717, 1.165) is 60.4 Å². The van der Waals surface area contributed by atoms with Gasteiger partial charge in [0.2, 0.25) is 5.95 Å². The molecule has 0 amide bonds. The molecule has 0 aliphatic heterocycles. The Kier molecular flexibility index (Phi) is 5.56. The number of aromatic nitrogens is 5. The molecule has 5 aromatic rings. The lowest BCUT2D eigenvalue weighted by atomic mass is 10.0. The molecule has 0 aliphatic rings. The Labute approximate surface area is 208 Å². The van der Waals surface area contributed by atoms with Crippen LogP contribution in [0.1, 0.15) is 31.5 Å². The second-order valence-electron chi connectivity index (χ2n) is 9.53. The molecule has 0 unspecified atom stereocenters. The third kappa shape index (κ3) is 4.14. The molecule has 0 spiro atoms. The lowest BCUT2D eigenvalue weighted by Crippen LogP contribution is -2.22. The van der Waals surface area contributed by atoms with Gasteiger partial charge in [0.15, 0.2) is 0 Å². The van der Waals surface area contributed by atoms with Crippen molar-refractivity contribution < 1.29 is 4.74 Å². The zero-order valence-electron chi connectivity index (χ0n) is 20.7. The second kappa shape index (κ2) is 8.46. The summed E-state index contributed by atoms with van der Waals surface area (Å²) >= 11 is 1.70. The van der Waals surface area contributed by atoms with Crippen molar-refractivity contribution in [3.8, 4) is 38.7 Å². The van der Waals surface area contributed by atoms with Crippen molar-refractivity contribution in [2.24, 2.45) is 0 Å². The SMILES string of the molecule is COc1ccc(-c2sc(C)nc2C)c(-c2nc3cc(-c4cnc(N)nc4)ccc3n2C(C)(C)C)c1. The number of ether oxygens (including phenoxy) is 1. The van der Waals surface area contributed by atoms with Gasteiger partial charge in [-0.15, -0.1) is 11.3 Å². The Balaban J connectivity index is 1.79. The summed E-state index contributed by atoms with van der Waals surface area (Å²) in [5.41, 5.74) is 12.4. The maximum Gasteiger partial charge on any atom is 0.219 e. The van der Waals surface area contributed by atoms with E-state index in [1.54, 1.807) is 30.8 Å². The fourth-order valence-corrected chi connectivity index (χ4v) is 5.38. The molecule has 8 heteroatoms. The minimum Gasteiger partial charge on any atom is -0.497 e. The highest BCUT2D eigenvalue weighted by molar-refractivity contribution is 7.15. The summed E-state index contributed by atoms with van der Waals surface area (Å²) in [6, 6.07) is 12.5. The highest BCUT2D eigenvalue weighted by Crippen LogP contribution is 2.42. The molecule has 0 radical (unpaired) electrons. The molecule has 3 aromatic heterocycles. The first-order valence-electron chi connectivity index (χ1n) is 11.4. The molecule has 0 atom stereocenters. The average Bonchev–Trinajstić information content (AvgIpc) is 3.37. The van der Waals surface area contributed by atoms with Gasteiger partial charge in [-0.25, -0.2) is 19.9 Å². The van der Waals surface area contributed by atoms with E-state index in [2.05, 4.69) is 77.5 Å². The van der Waals surface area contributed by atoms with Crippen molar-refractivity contribution in [3.05, 3.63) is 59.5 Å². The number of hydrogen-bond acceptors (Lipinski definition) is 7. The molecular weight excluding hydrogens is 456 g/mol. The van der Waals surface area contributed by atoms with Gasteiger partial charge in [0.1, 0.15) is 11.6 Å². The third-order valence-corrected chi connectivity index (χ3v) is 7.05. The van der Waals surface area contributed by atoms with Gasteiger partial charge in [-0.2, -0.15) is 0 Å². The number of nitrogens with two attached hydrogens (primary N) is 1. The van der Waals surface area contributed by atoms with Gasteiger partial charge in [0.05, 0.1) is 33.7 Å². The highest BCUT2D eigenvalue weighted by atomic mass is 32.1. The van der Waals surface area contributed by atoms with Crippen molar-refractivity contribution >= 4 is 28.3 Å². The van der Waals surface area contributed by atoms with Crippen molar-refractivity contribution in [1.29, 1.82) is 0 Å². The number of benzene rings is 2. The fourth-order valence-electron chi connectivity index (χ4n) is 4.42. The highest BCUT2D eigenvalue weighted by Gasteiger charge is 2.26. The molecule has 7 nitrogen and oxygen atoms in total. The largest absolute Gasteiger partial charge is 0.497 e. The van der Waals surface area contributed by atoms with Crippen LogP contribution in [0.2, 0.25) is 0 Å². The number of thiazole rings is 1. The Morgan fingerprint density at radius 1 is 0.914 bits per heavy atom. The van der Waals surface area contributed by atoms with Gasteiger partial charge in [0, 0.05) is 34.6 Å².